The lowest BCUT2D eigenvalue weighted by Crippen LogP contribution is -2.66. The first-order chi connectivity index (χ1) is 34.8. The van der Waals surface area contributed by atoms with E-state index in [4.69, 9.17) is 61.6 Å². The SMILES string of the molecule is C=CCCCO[C@@H]1OC(OC(C)=O)[C@@H](O[C@@H]2OC(COC(C)=O)[C@@H](O[C@@H]3OC(C(=O)OC)[C@@H](C)C(OCc4ccccc4)[C@@H]3OC(C)=O)C(OCc3ccccc3)[C@@H]2N=[N+]=[N-])C(OCc2ccccc2)[C@@H]1C. The number of methoxy groups -OCH3 is 1. The predicted octanol–water partition coefficient (Wildman–Crippen LogP) is 6.81. The quantitative estimate of drug-likeness (QED) is 0.0170. The molecular formula is C52H65N3O17. The number of hydrogen-bond acceptors (Lipinski definition) is 18. The number of unbranched alkanes of at least 4 members (excludes halogenated alkanes) is 1. The normalized spacial score (nSPS) is 30.2. The molecule has 0 saturated carbocycles. The van der Waals surface area contributed by atoms with Crippen LogP contribution >= 0.6 is 0 Å². The number of ether oxygens (including phenoxy) is 13. The van der Waals surface area contributed by atoms with Crippen molar-refractivity contribution in [2.75, 3.05) is 20.3 Å². The molecule has 0 spiro atoms. The summed E-state index contributed by atoms with van der Waals surface area (Å²) in [5.74, 6) is -4.22. The highest BCUT2D eigenvalue weighted by Gasteiger charge is 2.57. The van der Waals surface area contributed by atoms with Crippen molar-refractivity contribution in [2.24, 2.45) is 17.0 Å². The summed E-state index contributed by atoms with van der Waals surface area (Å²) in [6.45, 7) is 10.8. The van der Waals surface area contributed by atoms with Gasteiger partial charge in [-0.3, -0.25) is 14.4 Å². The first-order valence-electron chi connectivity index (χ1n) is 23.9. The zero-order valence-corrected chi connectivity index (χ0v) is 41.3. The molecule has 0 bridgehead atoms. The van der Waals surface area contributed by atoms with Gasteiger partial charge in [-0.05, 0) is 35.1 Å². The number of benzene rings is 3. The topological polar surface area (TPSA) is 237 Å². The van der Waals surface area contributed by atoms with E-state index in [9.17, 15) is 24.7 Å². The van der Waals surface area contributed by atoms with Crippen LogP contribution in [0.15, 0.2) is 109 Å². The molecule has 20 heteroatoms. The molecule has 0 aliphatic carbocycles. The highest BCUT2D eigenvalue weighted by atomic mass is 16.8. The largest absolute Gasteiger partial charge is 0.467 e. The summed E-state index contributed by atoms with van der Waals surface area (Å²) in [6.07, 6.45) is -12.5. The van der Waals surface area contributed by atoms with Crippen LogP contribution in [0.2, 0.25) is 0 Å². The second-order valence-corrected chi connectivity index (χ2v) is 17.6. The van der Waals surface area contributed by atoms with E-state index < -0.39 is 122 Å². The van der Waals surface area contributed by atoms with Crippen molar-refractivity contribution >= 4 is 23.9 Å². The molecule has 0 amide bonds. The van der Waals surface area contributed by atoms with E-state index >= 15 is 0 Å². The van der Waals surface area contributed by atoms with Crippen molar-refractivity contribution in [3.05, 3.63) is 131 Å². The van der Waals surface area contributed by atoms with Crippen LogP contribution in [-0.4, -0.2) is 124 Å². The summed E-state index contributed by atoms with van der Waals surface area (Å²) in [5.41, 5.74) is 12.6. The molecule has 3 aromatic carbocycles. The molecule has 20 nitrogen and oxygen atoms in total. The molecule has 3 aromatic rings. The fourth-order valence-corrected chi connectivity index (χ4v) is 8.72. The highest BCUT2D eigenvalue weighted by Crippen LogP contribution is 2.40. The molecule has 6 rings (SSSR count). The molecule has 3 heterocycles. The van der Waals surface area contributed by atoms with Crippen LogP contribution in [0.5, 0.6) is 0 Å². The minimum absolute atomic E-state index is 0.0483. The minimum atomic E-state index is -1.62. The molecule has 6 unspecified atom stereocenters. The molecule has 3 fully saturated rings. The van der Waals surface area contributed by atoms with Gasteiger partial charge >= 0.3 is 23.9 Å². The molecule has 72 heavy (non-hydrogen) atoms. The Hall–Kier alpha value is -5.77. The summed E-state index contributed by atoms with van der Waals surface area (Å²) in [4.78, 5) is 55.0. The predicted molar refractivity (Wildman–Crippen MR) is 253 cm³/mol. The van der Waals surface area contributed by atoms with E-state index in [0.717, 1.165) is 11.1 Å². The van der Waals surface area contributed by atoms with E-state index in [2.05, 4.69) is 16.6 Å². The Bertz CT molecular complexity index is 2240. The summed E-state index contributed by atoms with van der Waals surface area (Å²) in [7, 11) is 1.20. The third-order valence-electron chi connectivity index (χ3n) is 12.2. The van der Waals surface area contributed by atoms with E-state index in [1.807, 2.05) is 97.9 Å². The van der Waals surface area contributed by atoms with Crippen molar-refractivity contribution in [3.63, 3.8) is 0 Å². The molecule has 3 saturated heterocycles. The Kier molecular flexibility index (Phi) is 21.5. The fourth-order valence-electron chi connectivity index (χ4n) is 8.72. The first-order valence-corrected chi connectivity index (χ1v) is 23.9. The van der Waals surface area contributed by atoms with Gasteiger partial charge in [-0.25, -0.2) is 4.79 Å². The van der Waals surface area contributed by atoms with Gasteiger partial charge in [0, 0.05) is 37.5 Å². The number of carbonyl (C=O) groups excluding carboxylic acids is 4. The Morgan fingerprint density at radius 2 is 1.17 bits per heavy atom. The Labute approximate surface area is 419 Å². The van der Waals surface area contributed by atoms with Gasteiger partial charge in [0.05, 0.1) is 39.6 Å². The molecule has 15 atom stereocenters. The van der Waals surface area contributed by atoms with Crippen molar-refractivity contribution in [3.8, 4) is 0 Å². The van der Waals surface area contributed by atoms with Crippen molar-refractivity contribution < 1.29 is 80.8 Å². The lowest BCUT2D eigenvalue weighted by molar-refractivity contribution is -0.381. The molecular weight excluding hydrogens is 939 g/mol. The number of azide groups is 1. The number of esters is 4. The molecule has 3 aliphatic heterocycles. The zero-order valence-electron chi connectivity index (χ0n) is 41.3. The number of nitrogens with zero attached hydrogens (tertiary/aromatic N) is 3. The third kappa shape index (κ3) is 15.4. The van der Waals surface area contributed by atoms with Crippen LogP contribution in [0, 0.1) is 11.8 Å². The van der Waals surface area contributed by atoms with Gasteiger partial charge in [0.2, 0.25) is 6.29 Å². The average molecular weight is 1000 g/mol. The molecule has 0 radical (unpaired) electrons. The van der Waals surface area contributed by atoms with Crippen LogP contribution in [0.3, 0.4) is 0 Å². The second-order valence-electron chi connectivity index (χ2n) is 17.6. The van der Waals surface area contributed by atoms with Gasteiger partial charge in [0.25, 0.3) is 0 Å². The van der Waals surface area contributed by atoms with Crippen LogP contribution in [-0.2, 0) is 101 Å². The zero-order chi connectivity index (χ0) is 51.6. The molecule has 3 aliphatic rings. The van der Waals surface area contributed by atoms with Crippen LogP contribution < -0.4 is 0 Å². The average Bonchev–Trinajstić information content (AvgIpc) is 3.37. The van der Waals surface area contributed by atoms with Gasteiger partial charge in [-0.2, -0.15) is 0 Å². The van der Waals surface area contributed by atoms with Gasteiger partial charge in [0.1, 0.15) is 43.2 Å². The Morgan fingerprint density at radius 1 is 0.625 bits per heavy atom. The summed E-state index contributed by atoms with van der Waals surface area (Å²) in [5, 5.41) is 4.18. The maximum Gasteiger partial charge on any atom is 0.335 e. The van der Waals surface area contributed by atoms with Gasteiger partial charge < -0.3 is 61.6 Å². The van der Waals surface area contributed by atoms with Gasteiger partial charge in [0.15, 0.2) is 31.1 Å². The summed E-state index contributed by atoms with van der Waals surface area (Å²) < 4.78 is 81.4. The van der Waals surface area contributed by atoms with E-state index in [1.165, 1.54) is 27.9 Å². The second kappa shape index (κ2) is 27.9. The maximum absolute atomic E-state index is 13.5. The monoisotopic (exact) mass is 1000 g/mol. The van der Waals surface area contributed by atoms with Gasteiger partial charge in [-0.1, -0.05) is 116 Å². The minimum Gasteiger partial charge on any atom is -0.467 e. The highest BCUT2D eigenvalue weighted by molar-refractivity contribution is 5.75. The van der Waals surface area contributed by atoms with E-state index in [0.29, 0.717) is 18.4 Å². The smallest absolute Gasteiger partial charge is 0.335 e. The molecule has 0 aromatic heterocycles. The van der Waals surface area contributed by atoms with Crippen LogP contribution in [0.1, 0.15) is 64.2 Å². The molecule has 390 valence electrons. The number of hydrogen-bond donors (Lipinski definition) is 0. The maximum atomic E-state index is 13.5. The van der Waals surface area contributed by atoms with E-state index in [1.54, 1.807) is 13.0 Å². The fraction of sp³-hybridized carbons (Fsp3) is 0.538. The lowest BCUT2D eigenvalue weighted by Gasteiger charge is -2.50. The van der Waals surface area contributed by atoms with Crippen LogP contribution in [0.4, 0.5) is 0 Å². The van der Waals surface area contributed by atoms with Crippen molar-refractivity contribution in [1.29, 1.82) is 0 Å². The lowest BCUT2D eigenvalue weighted by atomic mass is 9.89. The number of carbonyl (C=O) groups is 4. The van der Waals surface area contributed by atoms with E-state index in [-0.39, 0.29) is 26.4 Å². The molecule has 0 N–H and O–H groups in total. The standard InChI is InChI=1S/C52H65N3O17/c1-8-9-19-26-61-49-32(3)42(64-28-37-22-15-11-16-23-37)47(51(72-49)67-35(6)58)71-50-40(54-55-53)45(65-29-38-24-17-12-18-25-38)44(39(68-50)30-62-33(4)56)70-52-46(66-34(5)57)41(31(2)43(69-52)48(59)60-7)63-27-36-20-13-10-14-21-36/h8,10-18,20-25,31-32,39-47,49-52H,1,9,19,26-30H2,2-7H3/t31-,32-,39?,40-,41?,42?,43?,44+,45?,46-,47-,49+,50-,51?,52-/m0/s1. The Morgan fingerprint density at radius 3 is 1.68 bits per heavy atom. The van der Waals surface area contributed by atoms with Crippen molar-refractivity contribution in [1.82, 2.24) is 0 Å². The Balaban J connectivity index is 1.42. The van der Waals surface area contributed by atoms with Crippen LogP contribution in [0.25, 0.3) is 10.4 Å². The number of rotatable bonds is 24. The van der Waals surface area contributed by atoms with Crippen molar-refractivity contribution in [2.45, 2.75) is 147 Å². The summed E-state index contributed by atoms with van der Waals surface area (Å²) in [6, 6.07) is 26.2. The third-order valence-corrected chi connectivity index (χ3v) is 12.2. The summed E-state index contributed by atoms with van der Waals surface area (Å²) >= 11 is 0. The van der Waals surface area contributed by atoms with Gasteiger partial charge in [-0.15, -0.1) is 6.58 Å². The first kappa shape index (κ1) is 55.5. The number of allylic oxidation sites excluding steroid dienone is 1.